The molecule has 0 saturated carbocycles. The van der Waals surface area contributed by atoms with E-state index in [9.17, 15) is 4.79 Å². The smallest absolute Gasteiger partial charge is 0.258 e. The highest BCUT2D eigenvalue weighted by atomic mass is 35.5. The second kappa shape index (κ2) is 11.6. The molecule has 0 spiro atoms. The molecule has 1 aromatic carbocycles. The Kier molecular flexibility index (Phi) is 8.84. The molecule has 2 aromatic heterocycles. The van der Waals surface area contributed by atoms with Gasteiger partial charge in [-0.15, -0.1) is 0 Å². The van der Waals surface area contributed by atoms with Gasteiger partial charge >= 0.3 is 0 Å². The zero-order valence-electron chi connectivity index (χ0n) is 18.2. The van der Waals surface area contributed by atoms with Crippen molar-refractivity contribution in [1.82, 2.24) is 25.1 Å². The van der Waals surface area contributed by atoms with Gasteiger partial charge in [0.25, 0.3) is 5.91 Å². The maximum Gasteiger partial charge on any atom is 0.258 e. The number of fused-ring (bicyclic) bond motifs is 1. The number of rotatable bonds is 11. The number of carbonyl (C=O) groups is 1. The first-order valence-corrected chi connectivity index (χ1v) is 12.0. The van der Waals surface area contributed by atoms with Gasteiger partial charge in [-0.3, -0.25) is 4.79 Å². The van der Waals surface area contributed by atoms with Gasteiger partial charge in [-0.1, -0.05) is 55.7 Å². The number of nitrogens with one attached hydrogen (secondary N) is 2. The van der Waals surface area contributed by atoms with Gasteiger partial charge in [0.05, 0.1) is 23.2 Å². The van der Waals surface area contributed by atoms with Crippen molar-refractivity contribution in [3.8, 4) is 5.75 Å². The van der Waals surface area contributed by atoms with E-state index in [1.807, 2.05) is 0 Å². The summed E-state index contributed by atoms with van der Waals surface area (Å²) in [5.41, 5.74) is 0.736. The van der Waals surface area contributed by atoms with Gasteiger partial charge in [0.2, 0.25) is 0 Å². The average molecular weight is 497 g/mol. The summed E-state index contributed by atoms with van der Waals surface area (Å²) in [6, 6.07) is 4.85. The highest BCUT2D eigenvalue weighted by Gasteiger charge is 2.14. The molecule has 0 saturated heterocycles. The first kappa shape index (κ1) is 24.4. The molecule has 0 aliphatic carbocycles. The van der Waals surface area contributed by atoms with Gasteiger partial charge in [-0.25, -0.2) is 14.6 Å². The summed E-state index contributed by atoms with van der Waals surface area (Å²) in [7, 11) is 0. The topological polar surface area (TPSA) is 94.0 Å². The third kappa shape index (κ3) is 6.63. The Morgan fingerprint density at radius 3 is 2.78 bits per heavy atom. The summed E-state index contributed by atoms with van der Waals surface area (Å²) in [6.07, 6.45) is 2.74. The third-order valence-corrected chi connectivity index (χ3v) is 5.65. The Bertz CT molecular complexity index is 1080. The molecule has 0 aliphatic rings. The van der Waals surface area contributed by atoms with E-state index in [1.165, 1.54) is 0 Å². The Balaban J connectivity index is 1.62. The van der Waals surface area contributed by atoms with Crippen molar-refractivity contribution in [2.45, 2.75) is 44.1 Å². The zero-order valence-corrected chi connectivity index (χ0v) is 20.5. The fourth-order valence-corrected chi connectivity index (χ4v) is 4.00. The Morgan fingerprint density at radius 1 is 1.25 bits per heavy atom. The van der Waals surface area contributed by atoms with Gasteiger partial charge in [0.15, 0.2) is 17.4 Å². The molecule has 0 fully saturated rings. The lowest BCUT2D eigenvalue weighted by molar-refractivity contribution is -0.123. The number of aromatic nitrogens is 4. The molecule has 2 N–H and O–H groups in total. The Morgan fingerprint density at radius 2 is 2.06 bits per heavy atom. The molecule has 1 amide bonds. The van der Waals surface area contributed by atoms with E-state index in [1.54, 1.807) is 40.8 Å². The van der Waals surface area contributed by atoms with E-state index < -0.39 is 0 Å². The maximum absolute atomic E-state index is 12.2. The van der Waals surface area contributed by atoms with Crippen molar-refractivity contribution in [3.05, 3.63) is 34.4 Å². The lowest BCUT2D eigenvalue weighted by Crippen LogP contribution is -2.31. The summed E-state index contributed by atoms with van der Waals surface area (Å²) in [4.78, 5) is 21.5. The predicted octanol–water partition coefficient (Wildman–Crippen LogP) is 4.65. The van der Waals surface area contributed by atoms with E-state index in [-0.39, 0.29) is 12.5 Å². The van der Waals surface area contributed by atoms with Crippen molar-refractivity contribution in [3.63, 3.8) is 0 Å². The van der Waals surface area contributed by atoms with Crippen LogP contribution < -0.4 is 15.4 Å². The van der Waals surface area contributed by atoms with Crippen molar-refractivity contribution < 1.29 is 9.53 Å². The summed E-state index contributed by atoms with van der Waals surface area (Å²) in [6.45, 7) is 7.81. The van der Waals surface area contributed by atoms with Crippen LogP contribution in [-0.2, 0) is 11.3 Å². The van der Waals surface area contributed by atoms with E-state index in [2.05, 4.69) is 46.5 Å². The quantitative estimate of drug-likeness (QED) is 0.294. The minimum absolute atomic E-state index is 0.149. The normalized spacial score (nSPS) is 11.2. The molecule has 172 valence electrons. The van der Waals surface area contributed by atoms with Crippen LogP contribution in [0.1, 0.15) is 27.2 Å². The molecule has 11 heteroatoms. The van der Waals surface area contributed by atoms with E-state index in [4.69, 9.17) is 27.9 Å². The molecule has 0 atom stereocenters. The number of nitrogens with zero attached hydrogens (tertiary/aromatic N) is 4. The number of halogens is 2. The summed E-state index contributed by atoms with van der Waals surface area (Å²) in [5, 5.41) is 13.4. The van der Waals surface area contributed by atoms with Crippen molar-refractivity contribution in [1.29, 1.82) is 0 Å². The maximum atomic E-state index is 12.2. The molecule has 2 heterocycles. The van der Waals surface area contributed by atoms with Crippen LogP contribution in [-0.4, -0.2) is 50.6 Å². The van der Waals surface area contributed by atoms with Crippen LogP contribution in [0.5, 0.6) is 5.75 Å². The predicted molar refractivity (Wildman–Crippen MR) is 130 cm³/mol. The number of anilines is 1. The van der Waals surface area contributed by atoms with Crippen LogP contribution in [0.2, 0.25) is 10.0 Å². The lowest BCUT2D eigenvalue weighted by atomic mass is 10.3. The number of benzene rings is 1. The first-order valence-electron chi connectivity index (χ1n) is 10.4. The Labute approximate surface area is 201 Å². The molecule has 3 rings (SSSR count). The summed E-state index contributed by atoms with van der Waals surface area (Å²) >= 11 is 13.5. The van der Waals surface area contributed by atoms with Gasteiger partial charge in [0, 0.05) is 23.4 Å². The molecule has 0 bridgehead atoms. The van der Waals surface area contributed by atoms with Gasteiger partial charge < -0.3 is 15.4 Å². The van der Waals surface area contributed by atoms with Crippen LogP contribution >= 0.6 is 35.0 Å². The second-order valence-corrected chi connectivity index (χ2v) is 9.65. The lowest BCUT2D eigenvalue weighted by Gasteiger charge is -2.11. The van der Waals surface area contributed by atoms with E-state index in [0.29, 0.717) is 39.3 Å². The number of hydrogen-bond donors (Lipinski definition) is 2. The van der Waals surface area contributed by atoms with E-state index >= 15 is 0 Å². The standard InChI is InChI=1S/C21H26Cl2N6O2S/c1-4-7-25-19-15-11-26-29(20(15)28-21(27-19)32-13(2)3)9-8-24-18(30)12-31-17-6-5-14(22)10-16(17)23/h5-6,10-11,13H,4,7-9,12H2,1-3H3,(H,24,30)(H,25,27,28). The SMILES string of the molecule is CCCNc1nc(SC(C)C)nc2c1cnn2CCNC(=O)COc1ccc(Cl)cc1Cl. The fraction of sp³-hybridized carbons (Fsp3) is 0.429. The monoisotopic (exact) mass is 496 g/mol. The summed E-state index contributed by atoms with van der Waals surface area (Å²) in [5.74, 6) is 0.926. The number of ether oxygens (including phenoxy) is 1. The van der Waals surface area contributed by atoms with Gasteiger partial charge in [-0.05, 0) is 24.6 Å². The third-order valence-electron chi connectivity index (χ3n) is 4.26. The van der Waals surface area contributed by atoms with Crippen molar-refractivity contribution in [2.75, 3.05) is 25.0 Å². The van der Waals surface area contributed by atoms with Crippen molar-refractivity contribution >= 4 is 57.7 Å². The molecule has 32 heavy (non-hydrogen) atoms. The van der Waals surface area contributed by atoms with Crippen LogP contribution in [0, 0.1) is 0 Å². The van der Waals surface area contributed by atoms with Crippen molar-refractivity contribution in [2.24, 2.45) is 0 Å². The van der Waals surface area contributed by atoms with Gasteiger partial charge in [-0.2, -0.15) is 5.10 Å². The molecule has 0 radical (unpaired) electrons. The molecular weight excluding hydrogens is 471 g/mol. The highest BCUT2D eigenvalue weighted by Crippen LogP contribution is 2.28. The molecule has 0 aliphatic heterocycles. The number of hydrogen-bond acceptors (Lipinski definition) is 7. The van der Waals surface area contributed by atoms with Crippen LogP contribution in [0.15, 0.2) is 29.6 Å². The second-order valence-electron chi connectivity index (χ2n) is 7.27. The summed E-state index contributed by atoms with van der Waals surface area (Å²) < 4.78 is 7.23. The minimum atomic E-state index is -0.261. The number of carbonyl (C=O) groups excluding carboxylic acids is 1. The largest absolute Gasteiger partial charge is 0.482 e. The van der Waals surface area contributed by atoms with Gasteiger partial charge in [0.1, 0.15) is 11.6 Å². The highest BCUT2D eigenvalue weighted by molar-refractivity contribution is 7.99. The molecule has 3 aromatic rings. The van der Waals surface area contributed by atoms with E-state index in [0.717, 1.165) is 29.8 Å². The zero-order chi connectivity index (χ0) is 23.1. The van der Waals surface area contributed by atoms with Crippen LogP contribution in [0.25, 0.3) is 11.0 Å². The first-order chi connectivity index (χ1) is 15.4. The number of thioether (sulfide) groups is 1. The molecular formula is C21H26Cl2N6O2S. The van der Waals surface area contributed by atoms with Crippen LogP contribution in [0.3, 0.4) is 0 Å². The number of amides is 1. The average Bonchev–Trinajstić information content (AvgIpc) is 3.14. The van der Waals surface area contributed by atoms with Crippen LogP contribution in [0.4, 0.5) is 5.82 Å². The molecule has 8 nitrogen and oxygen atoms in total. The minimum Gasteiger partial charge on any atom is -0.482 e. The molecule has 0 unspecified atom stereocenters. The fourth-order valence-electron chi connectivity index (χ4n) is 2.83. The Hall–Kier alpha value is -2.23.